The molecule has 1 rings (SSSR count). The zero-order valence-corrected chi connectivity index (χ0v) is 12.6. The van der Waals surface area contributed by atoms with E-state index in [1.54, 1.807) is 6.20 Å². The topological polar surface area (TPSA) is 39.1 Å². The first-order valence-electron chi connectivity index (χ1n) is 7.34. The second-order valence-electron chi connectivity index (χ2n) is 4.95. The summed E-state index contributed by atoms with van der Waals surface area (Å²) in [5.74, 6) is 0.957. The minimum absolute atomic E-state index is 0.0706. The van der Waals surface area contributed by atoms with Gasteiger partial charge in [-0.2, -0.15) is 13.2 Å². The molecule has 122 valence electrons. The van der Waals surface area contributed by atoms with Crippen molar-refractivity contribution in [2.45, 2.75) is 51.9 Å². The van der Waals surface area contributed by atoms with Gasteiger partial charge in [-0.3, -0.25) is 0 Å². The predicted octanol–water partition coefficient (Wildman–Crippen LogP) is 2.78. The van der Waals surface area contributed by atoms with Crippen molar-refractivity contribution in [1.29, 1.82) is 0 Å². The van der Waals surface area contributed by atoms with Crippen molar-refractivity contribution in [2.75, 3.05) is 19.8 Å². The molecule has 0 aromatic carbocycles. The van der Waals surface area contributed by atoms with E-state index in [1.165, 1.54) is 0 Å². The van der Waals surface area contributed by atoms with Crippen molar-refractivity contribution >= 4 is 0 Å². The fraction of sp³-hybridized carbons (Fsp3) is 0.786. The highest BCUT2D eigenvalue weighted by atomic mass is 19.4. The number of nitrogens with zero attached hydrogens (tertiary/aromatic N) is 2. The van der Waals surface area contributed by atoms with Gasteiger partial charge in [-0.15, -0.1) is 0 Å². The average Bonchev–Trinajstić information content (AvgIpc) is 2.81. The summed E-state index contributed by atoms with van der Waals surface area (Å²) in [6.45, 7) is 4.64. The molecule has 21 heavy (non-hydrogen) atoms. The zero-order valence-electron chi connectivity index (χ0n) is 12.6. The number of hydrogen-bond acceptors (Lipinski definition) is 3. The highest BCUT2D eigenvalue weighted by Gasteiger charge is 2.27. The molecule has 0 aliphatic carbocycles. The third-order valence-corrected chi connectivity index (χ3v) is 3.06. The molecule has 0 fully saturated rings. The molecule has 4 nitrogen and oxygen atoms in total. The Kier molecular flexibility index (Phi) is 7.74. The van der Waals surface area contributed by atoms with Gasteiger partial charge in [0, 0.05) is 38.0 Å². The zero-order chi connectivity index (χ0) is 15.7. The van der Waals surface area contributed by atoms with Gasteiger partial charge in [0.2, 0.25) is 0 Å². The Morgan fingerprint density at radius 3 is 2.76 bits per heavy atom. The SMILES string of the molecule is CCCn1ccnc1CC(CCOCC(F)(F)F)NCC. The lowest BCUT2D eigenvalue weighted by Gasteiger charge is -2.18. The lowest BCUT2D eigenvalue weighted by molar-refractivity contribution is -0.174. The lowest BCUT2D eigenvalue weighted by atomic mass is 10.1. The van der Waals surface area contributed by atoms with E-state index >= 15 is 0 Å². The number of ether oxygens (including phenoxy) is 1. The van der Waals surface area contributed by atoms with E-state index in [0.29, 0.717) is 12.8 Å². The number of aryl methyl sites for hydroxylation is 1. The van der Waals surface area contributed by atoms with Gasteiger partial charge in [-0.25, -0.2) is 4.98 Å². The van der Waals surface area contributed by atoms with Crippen LogP contribution in [0.25, 0.3) is 0 Å². The van der Waals surface area contributed by atoms with Gasteiger partial charge in [0.1, 0.15) is 12.4 Å². The largest absolute Gasteiger partial charge is 0.411 e. The highest BCUT2D eigenvalue weighted by Crippen LogP contribution is 2.15. The molecule has 1 N–H and O–H groups in total. The number of aromatic nitrogens is 2. The minimum atomic E-state index is -4.26. The Balaban J connectivity index is 2.43. The number of imidazole rings is 1. The van der Waals surface area contributed by atoms with Gasteiger partial charge >= 0.3 is 6.18 Å². The molecular formula is C14H24F3N3O. The fourth-order valence-electron chi connectivity index (χ4n) is 2.17. The van der Waals surface area contributed by atoms with Crippen LogP contribution in [0.5, 0.6) is 0 Å². The molecule has 0 aliphatic heterocycles. The quantitative estimate of drug-likeness (QED) is 0.676. The summed E-state index contributed by atoms with van der Waals surface area (Å²) < 4.78 is 42.8. The van der Waals surface area contributed by atoms with Gasteiger partial charge in [0.15, 0.2) is 0 Å². The first kappa shape index (κ1) is 18.0. The van der Waals surface area contributed by atoms with Crippen LogP contribution in [0.4, 0.5) is 13.2 Å². The summed E-state index contributed by atoms with van der Waals surface area (Å²) in [7, 11) is 0. The molecule has 0 bridgehead atoms. The minimum Gasteiger partial charge on any atom is -0.372 e. The maximum Gasteiger partial charge on any atom is 0.411 e. The molecule has 7 heteroatoms. The molecule has 1 unspecified atom stereocenters. The first-order valence-corrected chi connectivity index (χ1v) is 7.34. The van der Waals surface area contributed by atoms with Crippen LogP contribution in [0.3, 0.4) is 0 Å². The number of nitrogens with one attached hydrogen (secondary N) is 1. The smallest absolute Gasteiger partial charge is 0.372 e. The number of alkyl halides is 3. The van der Waals surface area contributed by atoms with Crippen LogP contribution in [-0.4, -0.2) is 41.5 Å². The molecule has 1 heterocycles. The summed E-state index contributed by atoms with van der Waals surface area (Å²) in [4.78, 5) is 4.33. The molecule has 1 aromatic rings. The maximum absolute atomic E-state index is 12.0. The summed E-state index contributed by atoms with van der Waals surface area (Å²) in [5.41, 5.74) is 0. The van der Waals surface area contributed by atoms with E-state index in [2.05, 4.69) is 26.5 Å². The third kappa shape index (κ3) is 7.47. The van der Waals surface area contributed by atoms with Gasteiger partial charge in [-0.05, 0) is 19.4 Å². The van der Waals surface area contributed by atoms with Crippen LogP contribution in [0.15, 0.2) is 12.4 Å². The first-order chi connectivity index (χ1) is 9.96. The van der Waals surface area contributed by atoms with Gasteiger partial charge in [-0.1, -0.05) is 13.8 Å². The highest BCUT2D eigenvalue weighted by molar-refractivity contribution is 4.95. The summed E-state index contributed by atoms with van der Waals surface area (Å²) in [6.07, 6.45) is 1.67. The van der Waals surface area contributed by atoms with E-state index < -0.39 is 12.8 Å². The number of halogens is 3. The van der Waals surface area contributed by atoms with Crippen molar-refractivity contribution in [2.24, 2.45) is 0 Å². The molecule has 1 atom stereocenters. The Bertz CT molecular complexity index is 393. The second kappa shape index (κ2) is 9.04. The molecular weight excluding hydrogens is 283 g/mol. The molecule has 0 amide bonds. The molecule has 0 saturated heterocycles. The third-order valence-electron chi connectivity index (χ3n) is 3.06. The molecule has 0 aliphatic rings. The molecule has 1 aromatic heterocycles. The number of hydrogen-bond donors (Lipinski definition) is 1. The van der Waals surface area contributed by atoms with Crippen LogP contribution in [0.1, 0.15) is 32.5 Å². The normalized spacial score (nSPS) is 13.6. The van der Waals surface area contributed by atoms with E-state index in [4.69, 9.17) is 0 Å². The van der Waals surface area contributed by atoms with Crippen molar-refractivity contribution in [3.63, 3.8) is 0 Å². The van der Waals surface area contributed by atoms with Crippen LogP contribution in [-0.2, 0) is 17.7 Å². The van der Waals surface area contributed by atoms with Gasteiger partial charge < -0.3 is 14.6 Å². The van der Waals surface area contributed by atoms with E-state index in [1.807, 2.05) is 13.1 Å². The van der Waals surface area contributed by atoms with Gasteiger partial charge in [0.05, 0.1) is 0 Å². The fourth-order valence-corrected chi connectivity index (χ4v) is 2.17. The van der Waals surface area contributed by atoms with Crippen LogP contribution >= 0.6 is 0 Å². The van der Waals surface area contributed by atoms with Crippen molar-refractivity contribution < 1.29 is 17.9 Å². The Morgan fingerprint density at radius 1 is 1.38 bits per heavy atom. The molecule has 0 spiro atoms. The van der Waals surface area contributed by atoms with Crippen LogP contribution < -0.4 is 5.32 Å². The molecule has 0 radical (unpaired) electrons. The predicted molar refractivity (Wildman–Crippen MR) is 75.2 cm³/mol. The van der Waals surface area contributed by atoms with Crippen LogP contribution in [0.2, 0.25) is 0 Å². The Labute approximate surface area is 123 Å². The van der Waals surface area contributed by atoms with Gasteiger partial charge in [0.25, 0.3) is 0 Å². The standard InChI is InChI=1S/C14H24F3N3O/c1-3-7-20-8-6-19-13(20)10-12(18-4-2)5-9-21-11-14(15,16)17/h6,8,12,18H,3-5,7,9-11H2,1-2H3. The Morgan fingerprint density at radius 2 is 2.14 bits per heavy atom. The van der Waals surface area contributed by atoms with E-state index in [0.717, 1.165) is 25.3 Å². The lowest BCUT2D eigenvalue weighted by Crippen LogP contribution is -2.33. The monoisotopic (exact) mass is 307 g/mol. The Hall–Kier alpha value is -1.08. The van der Waals surface area contributed by atoms with E-state index in [-0.39, 0.29) is 12.6 Å². The second-order valence-corrected chi connectivity index (χ2v) is 4.95. The summed E-state index contributed by atoms with van der Waals surface area (Å²) >= 11 is 0. The number of rotatable bonds is 10. The summed E-state index contributed by atoms with van der Waals surface area (Å²) in [5, 5.41) is 3.27. The summed E-state index contributed by atoms with van der Waals surface area (Å²) in [6, 6.07) is 0.0706. The van der Waals surface area contributed by atoms with Crippen molar-refractivity contribution in [3.8, 4) is 0 Å². The molecule has 0 saturated carbocycles. The average molecular weight is 307 g/mol. The van der Waals surface area contributed by atoms with Crippen LogP contribution in [0, 0.1) is 0 Å². The van der Waals surface area contributed by atoms with Crippen molar-refractivity contribution in [3.05, 3.63) is 18.2 Å². The maximum atomic E-state index is 12.0. The van der Waals surface area contributed by atoms with Crippen molar-refractivity contribution in [1.82, 2.24) is 14.9 Å². The van der Waals surface area contributed by atoms with E-state index in [9.17, 15) is 13.2 Å². The number of likely N-dealkylation sites (N-methyl/N-ethyl adjacent to an activating group) is 1.